The molecule has 0 radical (unpaired) electrons. The fourth-order valence-electron chi connectivity index (χ4n) is 2.06. The van der Waals surface area contributed by atoms with Crippen LogP contribution in [0.2, 0.25) is 5.02 Å². The molecule has 0 bridgehead atoms. The van der Waals surface area contributed by atoms with Crippen molar-refractivity contribution >= 4 is 29.2 Å². The van der Waals surface area contributed by atoms with E-state index < -0.39 is 23.8 Å². The fourth-order valence-corrected chi connectivity index (χ4v) is 2.22. The number of halogens is 2. The molecule has 2 rings (SSSR count). The maximum absolute atomic E-state index is 13.7. The predicted octanol–water partition coefficient (Wildman–Crippen LogP) is 3.81. The second kappa shape index (κ2) is 8.60. The number of ether oxygens (including phenoxy) is 2. The van der Waals surface area contributed by atoms with Crippen LogP contribution in [0.25, 0.3) is 0 Å². The number of methoxy groups -OCH3 is 1. The van der Waals surface area contributed by atoms with E-state index in [1.807, 2.05) is 0 Å². The summed E-state index contributed by atoms with van der Waals surface area (Å²) in [5.74, 6) is -1.98. The van der Waals surface area contributed by atoms with Gasteiger partial charge in [0.2, 0.25) is 0 Å². The van der Waals surface area contributed by atoms with E-state index in [9.17, 15) is 14.0 Å². The molecule has 0 aromatic heterocycles. The predicted molar refractivity (Wildman–Crippen MR) is 92.1 cm³/mol. The van der Waals surface area contributed by atoms with Crippen molar-refractivity contribution in [2.45, 2.75) is 19.6 Å². The van der Waals surface area contributed by atoms with Gasteiger partial charge in [0.25, 0.3) is 5.91 Å². The molecule has 0 heterocycles. The number of anilines is 1. The van der Waals surface area contributed by atoms with E-state index in [0.717, 1.165) is 11.6 Å². The molecule has 2 aromatic carbocycles. The Balaban J connectivity index is 2.00. The van der Waals surface area contributed by atoms with Gasteiger partial charge in [-0.1, -0.05) is 23.7 Å². The molecule has 1 atom stereocenters. The number of hydrogen-bond donors (Lipinski definition) is 1. The molecule has 1 N–H and O–H groups in total. The highest BCUT2D eigenvalue weighted by Gasteiger charge is 2.20. The largest absolute Gasteiger partial charge is 0.449 e. The Bertz CT molecular complexity index is 781. The summed E-state index contributed by atoms with van der Waals surface area (Å²) >= 11 is 5.66. The standard InChI is InChI=1S/C18H17ClFNO4/c1-11(17(22)21-16-7-6-14(19)9-15(16)20)25-18(23)13-5-3-4-12(8-13)10-24-2/h3-9,11H,10H2,1-2H3,(H,21,22)/t11-/m1/s1. The summed E-state index contributed by atoms with van der Waals surface area (Å²) < 4.78 is 23.8. The minimum Gasteiger partial charge on any atom is -0.449 e. The molecule has 0 saturated heterocycles. The van der Waals surface area contributed by atoms with Crippen LogP contribution < -0.4 is 5.32 Å². The van der Waals surface area contributed by atoms with Crippen molar-refractivity contribution in [3.8, 4) is 0 Å². The van der Waals surface area contributed by atoms with E-state index in [2.05, 4.69) is 5.32 Å². The van der Waals surface area contributed by atoms with Crippen LogP contribution in [0.4, 0.5) is 10.1 Å². The molecule has 5 nitrogen and oxygen atoms in total. The molecule has 0 saturated carbocycles. The van der Waals surface area contributed by atoms with Gasteiger partial charge >= 0.3 is 5.97 Å². The number of benzene rings is 2. The van der Waals surface area contributed by atoms with Crippen molar-refractivity contribution in [2.75, 3.05) is 12.4 Å². The first kappa shape index (κ1) is 18.9. The Kier molecular flexibility index (Phi) is 6.50. The molecule has 0 unspecified atom stereocenters. The highest BCUT2D eigenvalue weighted by molar-refractivity contribution is 6.30. The lowest BCUT2D eigenvalue weighted by Gasteiger charge is -2.14. The summed E-state index contributed by atoms with van der Waals surface area (Å²) in [5.41, 5.74) is 1.06. The van der Waals surface area contributed by atoms with E-state index >= 15 is 0 Å². The van der Waals surface area contributed by atoms with E-state index in [-0.39, 0.29) is 10.7 Å². The average Bonchev–Trinajstić information content (AvgIpc) is 2.57. The van der Waals surface area contributed by atoms with Crippen molar-refractivity contribution in [1.82, 2.24) is 0 Å². The lowest BCUT2D eigenvalue weighted by Crippen LogP contribution is -2.30. The zero-order valence-electron chi connectivity index (χ0n) is 13.7. The maximum Gasteiger partial charge on any atom is 0.338 e. The van der Waals surface area contributed by atoms with Crippen molar-refractivity contribution in [1.29, 1.82) is 0 Å². The Morgan fingerprint density at radius 3 is 2.68 bits per heavy atom. The first-order valence-corrected chi connectivity index (χ1v) is 7.83. The Morgan fingerprint density at radius 1 is 1.24 bits per heavy atom. The fraction of sp³-hybridized carbons (Fsp3) is 0.222. The van der Waals surface area contributed by atoms with Crippen LogP contribution in [-0.2, 0) is 20.9 Å². The number of carbonyl (C=O) groups excluding carboxylic acids is 2. The Morgan fingerprint density at radius 2 is 2.00 bits per heavy atom. The summed E-state index contributed by atoms with van der Waals surface area (Å²) in [6.07, 6.45) is -1.10. The minimum atomic E-state index is -1.10. The van der Waals surface area contributed by atoms with Crippen LogP contribution in [0.1, 0.15) is 22.8 Å². The molecular weight excluding hydrogens is 349 g/mol. The van der Waals surface area contributed by atoms with Crippen molar-refractivity contribution in [3.05, 3.63) is 64.4 Å². The molecule has 0 aliphatic carbocycles. The van der Waals surface area contributed by atoms with E-state index in [0.29, 0.717) is 12.2 Å². The summed E-state index contributed by atoms with van der Waals surface area (Å²) in [6.45, 7) is 1.76. The van der Waals surface area contributed by atoms with E-state index in [1.54, 1.807) is 31.4 Å². The van der Waals surface area contributed by atoms with Gasteiger partial charge in [0.1, 0.15) is 5.82 Å². The summed E-state index contributed by atoms with van der Waals surface area (Å²) in [6, 6.07) is 10.5. The smallest absolute Gasteiger partial charge is 0.338 e. The number of rotatable bonds is 6. The number of nitrogens with one attached hydrogen (secondary N) is 1. The lowest BCUT2D eigenvalue weighted by molar-refractivity contribution is -0.123. The number of carbonyl (C=O) groups is 2. The molecule has 25 heavy (non-hydrogen) atoms. The minimum absolute atomic E-state index is 0.0422. The molecular formula is C18H17ClFNO4. The quantitative estimate of drug-likeness (QED) is 0.790. The van der Waals surface area contributed by atoms with Gasteiger partial charge in [-0.15, -0.1) is 0 Å². The summed E-state index contributed by atoms with van der Waals surface area (Å²) in [5, 5.41) is 2.57. The third-order valence-corrected chi connectivity index (χ3v) is 3.55. The molecule has 1 amide bonds. The number of hydrogen-bond acceptors (Lipinski definition) is 4. The highest BCUT2D eigenvalue weighted by atomic mass is 35.5. The topological polar surface area (TPSA) is 64.6 Å². The zero-order valence-corrected chi connectivity index (χ0v) is 14.5. The molecule has 0 fully saturated rings. The van der Waals surface area contributed by atoms with Gasteiger partial charge in [0.05, 0.1) is 17.9 Å². The number of amides is 1. The van der Waals surface area contributed by atoms with Gasteiger partial charge in [0, 0.05) is 12.1 Å². The van der Waals surface area contributed by atoms with Crippen LogP contribution in [0, 0.1) is 5.82 Å². The Labute approximate surface area is 149 Å². The van der Waals surface area contributed by atoms with Crippen molar-refractivity contribution < 1.29 is 23.5 Å². The molecule has 7 heteroatoms. The van der Waals surface area contributed by atoms with E-state index in [1.165, 1.54) is 19.1 Å². The monoisotopic (exact) mass is 365 g/mol. The van der Waals surface area contributed by atoms with Crippen LogP contribution >= 0.6 is 11.6 Å². The van der Waals surface area contributed by atoms with Gasteiger partial charge in [-0.25, -0.2) is 9.18 Å². The van der Waals surface area contributed by atoms with Gasteiger partial charge in [-0.05, 0) is 42.8 Å². The highest BCUT2D eigenvalue weighted by Crippen LogP contribution is 2.19. The van der Waals surface area contributed by atoms with Gasteiger partial charge in [0.15, 0.2) is 6.10 Å². The molecule has 0 aliphatic rings. The third kappa shape index (κ3) is 5.27. The molecule has 2 aromatic rings. The van der Waals surface area contributed by atoms with Crippen LogP contribution in [-0.4, -0.2) is 25.1 Å². The third-order valence-electron chi connectivity index (χ3n) is 3.32. The van der Waals surface area contributed by atoms with Crippen molar-refractivity contribution in [3.63, 3.8) is 0 Å². The van der Waals surface area contributed by atoms with Crippen LogP contribution in [0.15, 0.2) is 42.5 Å². The maximum atomic E-state index is 13.7. The second-order valence-corrected chi connectivity index (χ2v) is 5.73. The summed E-state index contributed by atoms with van der Waals surface area (Å²) in [4.78, 5) is 24.2. The first-order chi connectivity index (χ1) is 11.9. The van der Waals surface area contributed by atoms with Crippen molar-refractivity contribution in [2.24, 2.45) is 0 Å². The molecule has 0 aliphatic heterocycles. The van der Waals surface area contributed by atoms with Gasteiger partial charge < -0.3 is 14.8 Å². The molecule has 132 valence electrons. The zero-order chi connectivity index (χ0) is 18.4. The summed E-state index contributed by atoms with van der Waals surface area (Å²) in [7, 11) is 1.55. The first-order valence-electron chi connectivity index (χ1n) is 7.45. The second-order valence-electron chi connectivity index (χ2n) is 5.29. The Hall–Kier alpha value is -2.44. The van der Waals surface area contributed by atoms with Crippen LogP contribution in [0.3, 0.4) is 0 Å². The lowest BCUT2D eigenvalue weighted by atomic mass is 10.1. The van der Waals surface area contributed by atoms with Crippen LogP contribution in [0.5, 0.6) is 0 Å². The average molecular weight is 366 g/mol. The van der Waals surface area contributed by atoms with Gasteiger partial charge in [-0.2, -0.15) is 0 Å². The van der Waals surface area contributed by atoms with E-state index in [4.69, 9.17) is 21.1 Å². The normalized spacial score (nSPS) is 11.7. The van der Waals surface area contributed by atoms with Gasteiger partial charge in [-0.3, -0.25) is 4.79 Å². The SMILES string of the molecule is COCc1cccc(C(=O)O[C@H](C)C(=O)Nc2ccc(Cl)cc2F)c1. The number of esters is 1. The molecule has 0 spiro atoms.